The van der Waals surface area contributed by atoms with Crippen LogP contribution in [0, 0.1) is 10.9 Å². The smallest absolute Gasteiger partial charge is 0.407 e. The molecule has 0 spiro atoms. The van der Waals surface area contributed by atoms with Crippen LogP contribution in [0.3, 0.4) is 0 Å². The average Bonchev–Trinajstić information content (AvgIpc) is 2.42. The summed E-state index contributed by atoms with van der Waals surface area (Å²) in [7, 11) is 1.18. The van der Waals surface area contributed by atoms with Crippen LogP contribution in [0.5, 0.6) is 0 Å². The standard InChI is InChI=1S/C12H20N4O5/c1-12(2,3)9-8(7(14-15-13)10(17)20-4)16(11(18)19)5-6-21-9/h7-9,13H,5-6H2,1-4H3/p+1. The fourth-order valence-electron chi connectivity index (χ4n) is 2.45. The number of esters is 1. The molecule has 3 atom stereocenters. The molecular formula is C12H21N4O5+. The zero-order chi connectivity index (χ0) is 16.2. The molecule has 0 aromatic heterocycles. The number of amides is 1. The third-order valence-electron chi connectivity index (χ3n) is 3.35. The maximum Gasteiger partial charge on any atom is 0.407 e. The van der Waals surface area contributed by atoms with Gasteiger partial charge in [0.1, 0.15) is 16.7 Å². The highest BCUT2D eigenvalue weighted by molar-refractivity contribution is 5.78. The lowest BCUT2D eigenvalue weighted by atomic mass is 9.80. The number of nitrogens with one attached hydrogen (secondary N) is 1. The highest BCUT2D eigenvalue weighted by Crippen LogP contribution is 2.32. The van der Waals surface area contributed by atoms with Crippen LogP contribution >= 0.6 is 0 Å². The van der Waals surface area contributed by atoms with Crippen LogP contribution < -0.4 is 4.91 Å². The van der Waals surface area contributed by atoms with Crippen molar-refractivity contribution in [2.75, 3.05) is 20.3 Å². The average molecular weight is 301 g/mol. The number of hydrogen-bond donors (Lipinski definition) is 2. The highest BCUT2D eigenvalue weighted by Gasteiger charge is 2.50. The van der Waals surface area contributed by atoms with Crippen molar-refractivity contribution in [1.29, 1.82) is 5.53 Å². The Labute approximate surface area is 122 Å². The molecule has 9 nitrogen and oxygen atoms in total. The van der Waals surface area contributed by atoms with Gasteiger partial charge in [-0.25, -0.2) is 9.59 Å². The molecule has 118 valence electrons. The Morgan fingerprint density at radius 1 is 1.52 bits per heavy atom. The van der Waals surface area contributed by atoms with Crippen LogP contribution in [0.2, 0.25) is 0 Å². The monoisotopic (exact) mass is 301 g/mol. The van der Waals surface area contributed by atoms with E-state index in [4.69, 9.17) is 10.3 Å². The lowest BCUT2D eigenvalue weighted by Gasteiger charge is -2.45. The van der Waals surface area contributed by atoms with Crippen LogP contribution in [-0.4, -0.2) is 60.5 Å². The van der Waals surface area contributed by atoms with Gasteiger partial charge >= 0.3 is 12.1 Å². The van der Waals surface area contributed by atoms with Gasteiger partial charge in [0.2, 0.25) is 4.91 Å². The largest absolute Gasteiger partial charge is 0.467 e. The highest BCUT2D eigenvalue weighted by atomic mass is 16.5. The predicted molar refractivity (Wildman–Crippen MR) is 70.8 cm³/mol. The number of carbonyl (C=O) groups is 2. The summed E-state index contributed by atoms with van der Waals surface area (Å²) in [4.78, 5) is 27.4. The molecule has 21 heavy (non-hydrogen) atoms. The number of methoxy groups -OCH3 is 1. The molecule has 0 bridgehead atoms. The second kappa shape index (κ2) is 6.64. The minimum absolute atomic E-state index is 0.119. The molecule has 1 aliphatic heterocycles. The van der Waals surface area contributed by atoms with Crippen LogP contribution in [-0.2, 0) is 14.3 Å². The van der Waals surface area contributed by atoms with E-state index in [-0.39, 0.29) is 13.2 Å². The minimum Gasteiger partial charge on any atom is -0.467 e. The van der Waals surface area contributed by atoms with E-state index in [9.17, 15) is 14.7 Å². The number of hydrogen-bond acceptors (Lipinski definition) is 6. The summed E-state index contributed by atoms with van der Waals surface area (Å²) in [5.41, 5.74) is 6.43. The number of carbonyl (C=O) groups excluding carboxylic acids is 1. The molecule has 9 heteroatoms. The number of morpholine rings is 1. The molecule has 0 aliphatic carbocycles. The summed E-state index contributed by atoms with van der Waals surface area (Å²) in [6.07, 6.45) is -1.75. The third kappa shape index (κ3) is 3.77. The first-order valence-electron chi connectivity index (χ1n) is 6.49. The number of rotatable bonds is 3. The fourth-order valence-corrected chi connectivity index (χ4v) is 2.45. The van der Waals surface area contributed by atoms with Crippen molar-refractivity contribution >= 4 is 12.1 Å². The first-order valence-corrected chi connectivity index (χ1v) is 6.49. The van der Waals surface area contributed by atoms with Gasteiger partial charge in [-0.15, -0.1) is 0 Å². The molecule has 1 saturated heterocycles. The summed E-state index contributed by atoms with van der Waals surface area (Å²) in [6, 6.07) is -2.12. The minimum atomic E-state index is -1.23. The van der Waals surface area contributed by atoms with Gasteiger partial charge in [-0.2, -0.15) is 0 Å². The Bertz CT molecular complexity index is 455. The summed E-state index contributed by atoms with van der Waals surface area (Å²) >= 11 is 0. The van der Waals surface area contributed by atoms with E-state index >= 15 is 0 Å². The van der Waals surface area contributed by atoms with Gasteiger partial charge in [0.25, 0.3) is 6.04 Å². The van der Waals surface area contributed by atoms with E-state index in [1.165, 1.54) is 7.11 Å². The Hall–Kier alpha value is -1.99. The van der Waals surface area contributed by atoms with Gasteiger partial charge in [-0.1, -0.05) is 20.8 Å². The molecule has 0 radical (unpaired) electrons. The summed E-state index contributed by atoms with van der Waals surface area (Å²) in [5.74, 6) is -0.748. The maximum absolute atomic E-state index is 11.9. The number of nitrogens with zero attached hydrogens (tertiary/aromatic N) is 3. The molecule has 1 aliphatic rings. The van der Waals surface area contributed by atoms with Crippen molar-refractivity contribution in [2.45, 2.75) is 39.0 Å². The molecule has 1 amide bonds. The molecule has 0 aromatic rings. The molecular weight excluding hydrogens is 280 g/mol. The van der Waals surface area contributed by atoms with Crippen molar-refractivity contribution < 1.29 is 24.2 Å². The number of carboxylic acid groups (broad SMARTS) is 1. The third-order valence-corrected chi connectivity index (χ3v) is 3.35. The van der Waals surface area contributed by atoms with Crippen molar-refractivity contribution in [2.24, 2.45) is 10.5 Å². The molecule has 1 fully saturated rings. The van der Waals surface area contributed by atoms with E-state index in [0.29, 0.717) is 0 Å². The molecule has 0 saturated carbocycles. The summed E-state index contributed by atoms with van der Waals surface area (Å²) in [6.45, 7) is 5.98. The van der Waals surface area contributed by atoms with Gasteiger partial charge in [0.05, 0.1) is 19.8 Å². The Morgan fingerprint density at radius 3 is 2.57 bits per heavy atom. The van der Waals surface area contributed by atoms with Gasteiger partial charge < -0.3 is 14.6 Å². The molecule has 3 unspecified atom stereocenters. The lowest BCUT2D eigenvalue weighted by molar-refractivity contribution is -0.153. The van der Waals surface area contributed by atoms with Crippen LogP contribution in [0.1, 0.15) is 20.8 Å². The topological polar surface area (TPSA) is 126 Å². The SMILES string of the molecule is COC(=O)C(N=[N+]=N)C1C(C(C)(C)C)OCCN1C(=O)O. The van der Waals surface area contributed by atoms with Crippen LogP contribution in [0.25, 0.3) is 0 Å². The van der Waals surface area contributed by atoms with Gasteiger partial charge in [-0.05, 0) is 5.41 Å². The molecule has 2 N–H and O–H groups in total. The van der Waals surface area contributed by atoms with E-state index in [1.54, 1.807) is 0 Å². The normalized spacial score (nSPS) is 23.9. The van der Waals surface area contributed by atoms with Crippen molar-refractivity contribution in [3.63, 3.8) is 0 Å². The second-order valence-electron chi connectivity index (χ2n) is 5.81. The predicted octanol–water partition coefficient (Wildman–Crippen LogP) is 0.872. The first-order chi connectivity index (χ1) is 9.73. The van der Waals surface area contributed by atoms with E-state index in [0.717, 1.165) is 4.90 Å². The summed E-state index contributed by atoms with van der Waals surface area (Å²) in [5, 5.41) is 12.9. The van der Waals surface area contributed by atoms with Crippen LogP contribution in [0.4, 0.5) is 4.79 Å². The quantitative estimate of drug-likeness (QED) is 0.454. The van der Waals surface area contributed by atoms with Crippen molar-refractivity contribution in [3.05, 3.63) is 0 Å². The number of ether oxygens (including phenoxy) is 2. The summed E-state index contributed by atoms with van der Waals surface area (Å²) < 4.78 is 10.3. The van der Waals surface area contributed by atoms with Gasteiger partial charge in [-0.3, -0.25) is 4.90 Å². The van der Waals surface area contributed by atoms with Crippen molar-refractivity contribution in [3.8, 4) is 0 Å². The van der Waals surface area contributed by atoms with Gasteiger partial charge in [0, 0.05) is 6.54 Å². The Morgan fingerprint density at radius 2 is 2.14 bits per heavy atom. The molecule has 1 rings (SSSR count). The fraction of sp³-hybridized carbons (Fsp3) is 0.833. The zero-order valence-corrected chi connectivity index (χ0v) is 12.6. The first kappa shape index (κ1) is 17.1. The van der Waals surface area contributed by atoms with Gasteiger partial charge in [0.15, 0.2) is 0 Å². The second-order valence-corrected chi connectivity index (χ2v) is 5.81. The maximum atomic E-state index is 11.9. The Balaban J connectivity index is 3.30. The van der Waals surface area contributed by atoms with Crippen molar-refractivity contribution in [1.82, 2.24) is 9.81 Å². The van der Waals surface area contributed by atoms with E-state index in [2.05, 4.69) is 14.8 Å². The van der Waals surface area contributed by atoms with Crippen LogP contribution in [0.15, 0.2) is 5.11 Å². The zero-order valence-electron chi connectivity index (χ0n) is 12.6. The molecule has 0 aromatic carbocycles. The Kier molecular flexibility index (Phi) is 5.40. The lowest BCUT2D eigenvalue weighted by Crippen LogP contribution is -2.63. The van der Waals surface area contributed by atoms with E-state index in [1.807, 2.05) is 20.8 Å². The van der Waals surface area contributed by atoms with E-state index < -0.39 is 35.7 Å². The molecule has 1 heterocycles.